The Kier molecular flexibility index (Phi) is 4.22. The predicted octanol–water partition coefficient (Wildman–Crippen LogP) is 2.85. The van der Waals surface area contributed by atoms with Crippen LogP contribution in [0.3, 0.4) is 0 Å². The van der Waals surface area contributed by atoms with Crippen LogP contribution in [0.25, 0.3) is 11.4 Å². The number of benzene rings is 2. The molecule has 2 aromatic carbocycles. The molecule has 0 aliphatic rings. The number of hydrogen-bond donors (Lipinski definition) is 1. The van der Waals surface area contributed by atoms with Crippen LogP contribution in [-0.4, -0.2) is 25.7 Å². The summed E-state index contributed by atoms with van der Waals surface area (Å²) in [6, 6.07) is 12.9. The minimum Gasteiger partial charge on any atom is -0.497 e. The highest BCUT2D eigenvalue weighted by Gasteiger charge is 2.15. The van der Waals surface area contributed by atoms with Crippen LogP contribution in [0.15, 0.2) is 57.9 Å². The maximum Gasteiger partial charge on any atom is 0.261 e. The molecule has 3 aromatic rings. The van der Waals surface area contributed by atoms with Gasteiger partial charge >= 0.3 is 0 Å². The Labute approximate surface area is 139 Å². The number of sulfonamides is 1. The summed E-state index contributed by atoms with van der Waals surface area (Å²) in [7, 11) is -2.13. The Hall–Kier alpha value is -2.87. The van der Waals surface area contributed by atoms with Gasteiger partial charge in [0, 0.05) is 18.2 Å². The second kappa shape index (κ2) is 6.32. The van der Waals surface area contributed by atoms with Crippen LogP contribution in [0.1, 0.15) is 5.89 Å². The van der Waals surface area contributed by atoms with E-state index in [-0.39, 0.29) is 4.90 Å². The summed E-state index contributed by atoms with van der Waals surface area (Å²) >= 11 is 0. The molecule has 0 amide bonds. The van der Waals surface area contributed by atoms with Crippen molar-refractivity contribution >= 4 is 15.7 Å². The van der Waals surface area contributed by atoms with E-state index >= 15 is 0 Å². The van der Waals surface area contributed by atoms with Crippen LogP contribution in [0, 0.1) is 6.92 Å². The van der Waals surface area contributed by atoms with Gasteiger partial charge in [-0.1, -0.05) is 5.16 Å². The maximum absolute atomic E-state index is 12.4. The van der Waals surface area contributed by atoms with Gasteiger partial charge in [0.25, 0.3) is 10.0 Å². The monoisotopic (exact) mass is 345 g/mol. The van der Waals surface area contributed by atoms with Crippen molar-refractivity contribution in [2.45, 2.75) is 11.8 Å². The zero-order valence-electron chi connectivity index (χ0n) is 13.1. The van der Waals surface area contributed by atoms with Crippen LogP contribution in [-0.2, 0) is 10.0 Å². The number of rotatable bonds is 5. The van der Waals surface area contributed by atoms with E-state index in [4.69, 9.17) is 9.26 Å². The fourth-order valence-electron chi connectivity index (χ4n) is 2.07. The maximum atomic E-state index is 12.4. The van der Waals surface area contributed by atoms with Gasteiger partial charge in [-0.25, -0.2) is 8.42 Å². The summed E-state index contributed by atoms with van der Waals surface area (Å²) in [4.78, 5) is 4.24. The van der Waals surface area contributed by atoms with E-state index in [1.54, 1.807) is 50.4 Å². The minimum atomic E-state index is -3.68. The Balaban J connectivity index is 1.81. The molecule has 0 aliphatic heterocycles. The van der Waals surface area contributed by atoms with Crippen LogP contribution >= 0.6 is 0 Å². The van der Waals surface area contributed by atoms with E-state index in [1.165, 1.54) is 12.1 Å². The molecule has 0 bridgehead atoms. The molecule has 124 valence electrons. The Morgan fingerprint density at radius 3 is 2.25 bits per heavy atom. The van der Waals surface area contributed by atoms with Crippen molar-refractivity contribution in [2.24, 2.45) is 0 Å². The molecule has 0 atom stereocenters. The molecule has 0 saturated heterocycles. The van der Waals surface area contributed by atoms with Crippen LogP contribution in [0.4, 0.5) is 5.69 Å². The van der Waals surface area contributed by atoms with Crippen molar-refractivity contribution in [2.75, 3.05) is 11.8 Å². The highest BCUT2D eigenvalue weighted by molar-refractivity contribution is 7.92. The van der Waals surface area contributed by atoms with Crippen molar-refractivity contribution < 1.29 is 17.7 Å². The molecule has 24 heavy (non-hydrogen) atoms. The van der Waals surface area contributed by atoms with Crippen molar-refractivity contribution in [1.82, 2.24) is 10.1 Å². The third kappa shape index (κ3) is 3.38. The molecule has 1 N–H and O–H groups in total. The first kappa shape index (κ1) is 16.0. The fourth-order valence-corrected chi connectivity index (χ4v) is 3.13. The van der Waals surface area contributed by atoms with E-state index in [2.05, 4.69) is 14.9 Å². The smallest absolute Gasteiger partial charge is 0.261 e. The van der Waals surface area contributed by atoms with Gasteiger partial charge in [-0.2, -0.15) is 4.98 Å². The third-order valence-electron chi connectivity index (χ3n) is 3.29. The summed E-state index contributed by atoms with van der Waals surface area (Å²) in [5.74, 6) is 1.51. The van der Waals surface area contributed by atoms with E-state index < -0.39 is 10.0 Å². The minimum absolute atomic E-state index is 0.141. The normalized spacial score (nSPS) is 11.2. The van der Waals surface area contributed by atoms with Gasteiger partial charge in [0.1, 0.15) is 5.75 Å². The average Bonchev–Trinajstić information content (AvgIpc) is 3.02. The largest absolute Gasteiger partial charge is 0.497 e. The van der Waals surface area contributed by atoms with Gasteiger partial charge < -0.3 is 9.26 Å². The standard InChI is InChI=1S/C16H15N3O4S/c1-11-17-16(18-23-11)12-3-9-15(10-4-12)24(20,21)19-13-5-7-14(22-2)8-6-13/h3-10,19H,1-2H3. The number of nitrogens with zero attached hydrogens (tertiary/aromatic N) is 2. The molecule has 7 nitrogen and oxygen atoms in total. The lowest BCUT2D eigenvalue weighted by Crippen LogP contribution is -2.12. The van der Waals surface area contributed by atoms with Gasteiger partial charge in [0.15, 0.2) is 0 Å². The first-order valence-electron chi connectivity index (χ1n) is 7.05. The summed E-state index contributed by atoms with van der Waals surface area (Å²) in [5.41, 5.74) is 1.13. The highest BCUT2D eigenvalue weighted by Crippen LogP contribution is 2.22. The van der Waals surface area contributed by atoms with Crippen LogP contribution in [0.5, 0.6) is 5.75 Å². The number of aromatic nitrogens is 2. The lowest BCUT2D eigenvalue weighted by Gasteiger charge is -2.09. The quantitative estimate of drug-likeness (QED) is 0.764. The van der Waals surface area contributed by atoms with Gasteiger partial charge in [-0.3, -0.25) is 4.72 Å². The molecule has 0 saturated carbocycles. The third-order valence-corrected chi connectivity index (χ3v) is 4.69. The summed E-state index contributed by atoms with van der Waals surface area (Å²) in [6.07, 6.45) is 0. The molecule has 0 spiro atoms. The van der Waals surface area contributed by atoms with Gasteiger partial charge in [0.05, 0.1) is 12.0 Å². The van der Waals surface area contributed by atoms with Crippen LogP contribution < -0.4 is 9.46 Å². The second-order valence-electron chi connectivity index (χ2n) is 5.00. The molecule has 0 fully saturated rings. The molecule has 0 radical (unpaired) electrons. The van der Waals surface area contributed by atoms with Gasteiger partial charge in [-0.05, 0) is 48.5 Å². The van der Waals surface area contributed by atoms with Gasteiger partial charge in [-0.15, -0.1) is 0 Å². The lowest BCUT2D eigenvalue weighted by molar-refractivity contribution is 0.394. The van der Waals surface area contributed by atoms with E-state index in [0.29, 0.717) is 28.7 Å². The van der Waals surface area contributed by atoms with Crippen molar-refractivity contribution in [3.05, 3.63) is 54.4 Å². The summed E-state index contributed by atoms with van der Waals surface area (Å²) < 4.78 is 37.3. The number of anilines is 1. The van der Waals surface area contributed by atoms with E-state index in [9.17, 15) is 8.42 Å². The topological polar surface area (TPSA) is 94.3 Å². The molecule has 1 aromatic heterocycles. The van der Waals surface area contributed by atoms with E-state index in [1.807, 2.05) is 0 Å². The molecule has 1 heterocycles. The van der Waals surface area contributed by atoms with Crippen molar-refractivity contribution in [3.63, 3.8) is 0 Å². The second-order valence-corrected chi connectivity index (χ2v) is 6.68. The number of ether oxygens (including phenoxy) is 1. The Bertz CT molecular complexity index is 932. The molecule has 0 aliphatic carbocycles. The SMILES string of the molecule is COc1ccc(NS(=O)(=O)c2ccc(-c3noc(C)n3)cc2)cc1. The number of aryl methyl sites for hydroxylation is 1. The molecule has 0 unspecified atom stereocenters. The Morgan fingerprint density at radius 1 is 1.04 bits per heavy atom. The molecular formula is C16H15N3O4S. The van der Waals surface area contributed by atoms with Crippen LogP contribution in [0.2, 0.25) is 0 Å². The van der Waals surface area contributed by atoms with Crippen molar-refractivity contribution in [3.8, 4) is 17.1 Å². The fraction of sp³-hybridized carbons (Fsp3) is 0.125. The Morgan fingerprint density at radius 2 is 1.71 bits per heavy atom. The zero-order chi connectivity index (χ0) is 17.2. The lowest BCUT2D eigenvalue weighted by atomic mass is 10.2. The number of nitrogens with one attached hydrogen (secondary N) is 1. The predicted molar refractivity (Wildman–Crippen MR) is 88.3 cm³/mol. The highest BCUT2D eigenvalue weighted by atomic mass is 32.2. The van der Waals surface area contributed by atoms with E-state index in [0.717, 1.165) is 0 Å². The first-order chi connectivity index (χ1) is 11.5. The zero-order valence-corrected chi connectivity index (χ0v) is 13.9. The summed E-state index contributed by atoms with van der Waals surface area (Å²) in [5, 5.41) is 3.80. The average molecular weight is 345 g/mol. The number of methoxy groups -OCH3 is 1. The molecular weight excluding hydrogens is 330 g/mol. The first-order valence-corrected chi connectivity index (χ1v) is 8.54. The summed E-state index contributed by atoms with van der Waals surface area (Å²) in [6.45, 7) is 1.69. The van der Waals surface area contributed by atoms with Gasteiger partial charge in [0.2, 0.25) is 11.7 Å². The molecule has 8 heteroatoms. The number of hydrogen-bond acceptors (Lipinski definition) is 6. The molecule has 3 rings (SSSR count). The van der Waals surface area contributed by atoms with Crippen molar-refractivity contribution in [1.29, 1.82) is 0 Å².